The van der Waals surface area contributed by atoms with Gasteiger partial charge >= 0.3 is 0 Å². The van der Waals surface area contributed by atoms with Crippen LogP contribution in [0.25, 0.3) is 0 Å². The number of hydrogen-bond acceptors (Lipinski definition) is 4. The molecule has 0 radical (unpaired) electrons. The van der Waals surface area contributed by atoms with Gasteiger partial charge in [-0.3, -0.25) is 9.00 Å². The quantitative estimate of drug-likeness (QED) is 0.486. The minimum absolute atomic E-state index is 0.117. The first kappa shape index (κ1) is 8.63. The number of hydrogen-bond donors (Lipinski definition) is 2. The molecule has 11 heavy (non-hydrogen) atoms. The smallest absolute Gasteiger partial charge is 0.231 e. The molecule has 0 aromatic carbocycles. The Kier molecular flexibility index (Phi) is 2.98. The van der Waals surface area contributed by atoms with E-state index in [1.165, 1.54) is 0 Å². The summed E-state index contributed by atoms with van der Waals surface area (Å²) in [6.45, 7) is 1.47. The van der Waals surface area contributed by atoms with Gasteiger partial charge in [-0.2, -0.15) is 0 Å². The second-order valence-corrected chi connectivity index (χ2v) is 3.27. The minimum Gasteiger partial charge on any atom is -0.772 e. The molecule has 0 aliphatic carbocycles. The van der Waals surface area contributed by atoms with Crippen molar-refractivity contribution in [1.82, 2.24) is 10.6 Å². The van der Waals surface area contributed by atoms with Gasteiger partial charge < -0.3 is 15.2 Å². The highest BCUT2D eigenvalue weighted by atomic mass is 32.2. The predicted molar refractivity (Wildman–Crippen MR) is 38.6 cm³/mol. The molecule has 0 spiro atoms. The van der Waals surface area contributed by atoms with Crippen molar-refractivity contribution < 1.29 is 13.6 Å². The molecule has 1 amide bonds. The number of amides is 1. The summed E-state index contributed by atoms with van der Waals surface area (Å²) in [5.41, 5.74) is 0. The van der Waals surface area contributed by atoms with E-state index in [1.807, 2.05) is 0 Å². The zero-order valence-electron chi connectivity index (χ0n) is 5.83. The van der Waals surface area contributed by atoms with Crippen LogP contribution in [0.5, 0.6) is 0 Å². The lowest BCUT2D eigenvalue weighted by atomic mass is 10.2. The molecule has 0 aromatic heterocycles. The maximum atomic E-state index is 10.7. The van der Waals surface area contributed by atoms with Crippen LogP contribution in [-0.2, 0) is 15.9 Å². The van der Waals surface area contributed by atoms with Crippen LogP contribution in [-0.4, -0.2) is 39.6 Å². The van der Waals surface area contributed by atoms with Gasteiger partial charge in [0, 0.05) is 13.1 Å². The SMILES string of the molecule is O=C(CS(=O)[O-])NC1CNC1. The summed E-state index contributed by atoms with van der Waals surface area (Å²) in [4.78, 5) is 10.7. The van der Waals surface area contributed by atoms with E-state index < -0.39 is 22.7 Å². The van der Waals surface area contributed by atoms with E-state index in [1.54, 1.807) is 0 Å². The van der Waals surface area contributed by atoms with Crippen LogP contribution < -0.4 is 10.6 Å². The Morgan fingerprint density at radius 2 is 2.36 bits per heavy atom. The number of nitrogens with one attached hydrogen (secondary N) is 2. The summed E-state index contributed by atoms with van der Waals surface area (Å²) in [6.07, 6.45) is 0. The lowest BCUT2D eigenvalue weighted by Gasteiger charge is -2.27. The normalized spacial score (nSPS) is 20.5. The second kappa shape index (κ2) is 3.80. The van der Waals surface area contributed by atoms with Crippen molar-refractivity contribution in [1.29, 1.82) is 0 Å². The van der Waals surface area contributed by atoms with Gasteiger partial charge in [-0.25, -0.2) is 0 Å². The Morgan fingerprint density at radius 3 is 2.73 bits per heavy atom. The molecule has 6 heteroatoms. The Balaban J connectivity index is 2.14. The monoisotopic (exact) mass is 177 g/mol. The van der Waals surface area contributed by atoms with Crippen LogP contribution in [0.3, 0.4) is 0 Å². The van der Waals surface area contributed by atoms with Crippen molar-refractivity contribution in [3.8, 4) is 0 Å². The first-order valence-corrected chi connectivity index (χ1v) is 4.49. The molecule has 64 valence electrons. The fraction of sp³-hybridized carbons (Fsp3) is 0.800. The summed E-state index contributed by atoms with van der Waals surface area (Å²) in [6, 6.07) is 0.117. The maximum Gasteiger partial charge on any atom is 0.231 e. The van der Waals surface area contributed by atoms with Crippen LogP contribution in [0, 0.1) is 0 Å². The van der Waals surface area contributed by atoms with E-state index in [0.717, 1.165) is 13.1 Å². The molecular formula is C5H9N2O3S-. The highest BCUT2D eigenvalue weighted by molar-refractivity contribution is 7.79. The number of rotatable bonds is 3. The Hall–Kier alpha value is -0.460. The van der Waals surface area contributed by atoms with Gasteiger partial charge in [-0.05, 0) is 11.1 Å². The van der Waals surface area contributed by atoms with Crippen molar-refractivity contribution in [2.75, 3.05) is 18.8 Å². The van der Waals surface area contributed by atoms with E-state index in [2.05, 4.69) is 10.6 Å². The molecule has 0 aromatic rings. The van der Waals surface area contributed by atoms with E-state index >= 15 is 0 Å². The van der Waals surface area contributed by atoms with Crippen molar-refractivity contribution in [3.63, 3.8) is 0 Å². The van der Waals surface area contributed by atoms with Crippen molar-refractivity contribution >= 4 is 17.0 Å². The Morgan fingerprint density at radius 1 is 1.73 bits per heavy atom. The van der Waals surface area contributed by atoms with Gasteiger partial charge in [0.25, 0.3) is 0 Å². The maximum absolute atomic E-state index is 10.7. The number of carbonyl (C=O) groups excluding carboxylic acids is 1. The molecule has 1 aliphatic heterocycles. The molecule has 1 aliphatic rings. The minimum atomic E-state index is -2.27. The average molecular weight is 177 g/mol. The molecule has 1 heterocycles. The molecule has 0 bridgehead atoms. The lowest BCUT2D eigenvalue weighted by Crippen LogP contribution is -2.57. The Bertz CT molecular complexity index is 181. The highest BCUT2D eigenvalue weighted by Gasteiger charge is 2.18. The van der Waals surface area contributed by atoms with Crippen LogP contribution in [0.15, 0.2) is 0 Å². The second-order valence-electron chi connectivity index (χ2n) is 2.37. The standard InChI is InChI=1S/C5H10N2O3S/c8-5(3-11(9)10)7-4-1-6-2-4/h4,6H,1-3H2,(H,7,8)(H,9,10)/p-1. The first-order chi connectivity index (χ1) is 5.18. The largest absolute Gasteiger partial charge is 0.772 e. The molecule has 1 unspecified atom stereocenters. The number of carbonyl (C=O) groups is 1. The van der Waals surface area contributed by atoms with Gasteiger partial charge in [0.15, 0.2) is 0 Å². The van der Waals surface area contributed by atoms with Crippen LogP contribution in [0.4, 0.5) is 0 Å². The van der Waals surface area contributed by atoms with Crippen LogP contribution in [0.1, 0.15) is 0 Å². The predicted octanol–water partition coefficient (Wildman–Crippen LogP) is -2.05. The molecule has 1 atom stereocenters. The van der Waals surface area contributed by atoms with Crippen molar-refractivity contribution in [2.45, 2.75) is 6.04 Å². The van der Waals surface area contributed by atoms with E-state index in [-0.39, 0.29) is 6.04 Å². The third kappa shape index (κ3) is 2.96. The topological polar surface area (TPSA) is 81.3 Å². The van der Waals surface area contributed by atoms with E-state index in [9.17, 15) is 13.6 Å². The summed E-state index contributed by atoms with van der Waals surface area (Å²) in [5.74, 6) is -0.860. The average Bonchev–Trinajstić information content (AvgIpc) is 1.77. The summed E-state index contributed by atoms with van der Waals surface area (Å²) in [7, 11) is 0. The third-order valence-electron chi connectivity index (χ3n) is 1.40. The van der Waals surface area contributed by atoms with E-state index in [0.29, 0.717) is 0 Å². The summed E-state index contributed by atoms with van der Waals surface area (Å²) >= 11 is -2.27. The van der Waals surface area contributed by atoms with Gasteiger partial charge in [0.05, 0.1) is 11.8 Å². The molecule has 0 saturated carbocycles. The van der Waals surface area contributed by atoms with Gasteiger partial charge in [0.2, 0.25) is 5.91 Å². The third-order valence-corrected chi connectivity index (χ3v) is 1.89. The van der Waals surface area contributed by atoms with Gasteiger partial charge in [0.1, 0.15) is 0 Å². The van der Waals surface area contributed by atoms with Crippen LogP contribution in [0.2, 0.25) is 0 Å². The Labute approximate surface area is 66.8 Å². The zero-order chi connectivity index (χ0) is 8.27. The fourth-order valence-corrected chi connectivity index (χ4v) is 1.06. The molecule has 5 nitrogen and oxygen atoms in total. The first-order valence-electron chi connectivity index (χ1n) is 3.24. The van der Waals surface area contributed by atoms with Crippen molar-refractivity contribution in [2.24, 2.45) is 0 Å². The summed E-state index contributed by atoms with van der Waals surface area (Å²) < 4.78 is 20.0. The van der Waals surface area contributed by atoms with Gasteiger partial charge in [-0.15, -0.1) is 0 Å². The summed E-state index contributed by atoms with van der Waals surface area (Å²) in [5, 5.41) is 5.50. The molecule has 1 saturated heterocycles. The van der Waals surface area contributed by atoms with Crippen molar-refractivity contribution in [3.05, 3.63) is 0 Å². The van der Waals surface area contributed by atoms with E-state index in [4.69, 9.17) is 0 Å². The highest BCUT2D eigenvalue weighted by Crippen LogP contribution is 1.89. The molecule has 1 fully saturated rings. The zero-order valence-corrected chi connectivity index (χ0v) is 6.65. The molecule has 1 rings (SSSR count). The molecular weight excluding hydrogens is 168 g/mol. The molecule has 2 N–H and O–H groups in total. The fourth-order valence-electron chi connectivity index (χ4n) is 0.767. The lowest BCUT2D eigenvalue weighted by molar-refractivity contribution is -0.119. The van der Waals surface area contributed by atoms with Crippen LogP contribution >= 0.6 is 0 Å². The van der Waals surface area contributed by atoms with Gasteiger partial charge in [-0.1, -0.05) is 0 Å².